The molecule has 0 aromatic carbocycles. The van der Waals surface area contributed by atoms with Crippen molar-refractivity contribution in [2.24, 2.45) is 5.41 Å². The number of aliphatic carboxylic acids is 2. The second-order valence-electron chi connectivity index (χ2n) is 10.5. The van der Waals surface area contributed by atoms with Gasteiger partial charge in [0.05, 0.1) is 12.8 Å². The van der Waals surface area contributed by atoms with E-state index >= 15 is 0 Å². The number of hydrogen-bond acceptors (Lipinski definition) is 2. The smallest absolute Gasteiger partial charge is 0.303 e. The molecule has 0 atom stereocenters. The third-order valence-corrected chi connectivity index (χ3v) is 7.17. The topological polar surface area (TPSA) is 74.6 Å². The Kier molecular flexibility index (Phi) is 22.0. The molecule has 0 spiro atoms. The molecule has 0 bridgehead atoms. The van der Waals surface area contributed by atoms with Gasteiger partial charge in [-0.05, 0) is 18.3 Å². The van der Waals surface area contributed by atoms with Crippen LogP contribution in [-0.2, 0) is 9.59 Å². The second-order valence-corrected chi connectivity index (χ2v) is 10.5. The summed E-state index contributed by atoms with van der Waals surface area (Å²) in [6, 6.07) is 0. The average molecular weight is 469 g/mol. The van der Waals surface area contributed by atoms with Gasteiger partial charge in [-0.15, -0.1) is 0 Å². The van der Waals surface area contributed by atoms with Crippen molar-refractivity contribution in [2.45, 2.75) is 168 Å². The lowest BCUT2D eigenvalue weighted by molar-refractivity contribution is -0.144. The van der Waals surface area contributed by atoms with Crippen molar-refractivity contribution >= 4 is 11.9 Å². The average Bonchev–Trinajstić information content (AvgIpc) is 2.75. The summed E-state index contributed by atoms with van der Waals surface area (Å²) in [5.74, 6) is -1.70. The van der Waals surface area contributed by atoms with Gasteiger partial charge in [0.2, 0.25) is 0 Å². The second kappa shape index (κ2) is 22.7. The summed E-state index contributed by atoms with van der Waals surface area (Å²) in [7, 11) is 0. The lowest BCUT2D eigenvalue weighted by atomic mass is 9.72. The minimum atomic E-state index is -0.851. The molecule has 0 saturated carbocycles. The maximum Gasteiger partial charge on any atom is 0.303 e. The molecular weight excluding hydrogens is 412 g/mol. The number of carboxylic acid groups (broad SMARTS) is 2. The first-order valence-electron chi connectivity index (χ1n) is 14.4. The standard InChI is InChI=1S/C29H56O4/c1-3-5-7-9-11-13-15-17-19-21-23-29(25-27(30)31,26-28(32)33)24-22-20-18-16-14-12-10-8-6-4-2/h3-26H2,1-2H3,(H,30,31)(H,32,33). The van der Waals surface area contributed by atoms with Gasteiger partial charge in [0.1, 0.15) is 0 Å². The monoisotopic (exact) mass is 468 g/mol. The van der Waals surface area contributed by atoms with Crippen molar-refractivity contribution in [3.05, 3.63) is 0 Å². The van der Waals surface area contributed by atoms with Gasteiger partial charge in [-0.2, -0.15) is 0 Å². The van der Waals surface area contributed by atoms with Crippen LogP contribution in [0.25, 0.3) is 0 Å². The van der Waals surface area contributed by atoms with Gasteiger partial charge in [0.25, 0.3) is 0 Å². The van der Waals surface area contributed by atoms with E-state index in [0.29, 0.717) is 0 Å². The number of rotatable bonds is 26. The molecule has 0 fully saturated rings. The van der Waals surface area contributed by atoms with Crippen molar-refractivity contribution in [1.82, 2.24) is 0 Å². The summed E-state index contributed by atoms with van der Waals surface area (Å²) >= 11 is 0. The Bertz CT molecular complexity index is 419. The molecule has 0 unspecified atom stereocenters. The lowest BCUT2D eigenvalue weighted by Gasteiger charge is -2.31. The molecule has 0 radical (unpaired) electrons. The highest BCUT2D eigenvalue weighted by Crippen LogP contribution is 2.39. The van der Waals surface area contributed by atoms with Gasteiger partial charge in [0.15, 0.2) is 0 Å². The van der Waals surface area contributed by atoms with Gasteiger partial charge < -0.3 is 10.2 Å². The van der Waals surface area contributed by atoms with Crippen molar-refractivity contribution < 1.29 is 19.8 Å². The summed E-state index contributed by atoms with van der Waals surface area (Å²) in [6.45, 7) is 4.48. The van der Waals surface area contributed by atoms with E-state index in [1.807, 2.05) is 0 Å². The Morgan fingerprint density at radius 3 is 0.939 bits per heavy atom. The first kappa shape index (κ1) is 31.9. The van der Waals surface area contributed by atoms with E-state index in [1.54, 1.807) is 0 Å². The van der Waals surface area contributed by atoms with Crippen LogP contribution in [0.3, 0.4) is 0 Å². The molecule has 0 aliphatic rings. The van der Waals surface area contributed by atoms with Crippen LogP contribution in [-0.4, -0.2) is 22.2 Å². The molecule has 0 saturated heterocycles. The first-order valence-corrected chi connectivity index (χ1v) is 14.4. The van der Waals surface area contributed by atoms with Crippen molar-refractivity contribution in [2.75, 3.05) is 0 Å². The molecule has 33 heavy (non-hydrogen) atoms. The Labute approximate surface area is 205 Å². The zero-order chi connectivity index (χ0) is 24.6. The summed E-state index contributed by atoms with van der Waals surface area (Å²) in [6.07, 6.45) is 26.3. The Morgan fingerprint density at radius 2 is 0.697 bits per heavy atom. The molecule has 4 nitrogen and oxygen atoms in total. The molecule has 0 aliphatic carbocycles. The molecule has 0 aromatic rings. The van der Waals surface area contributed by atoms with E-state index in [0.717, 1.165) is 38.5 Å². The summed E-state index contributed by atoms with van der Waals surface area (Å²) in [4.78, 5) is 23.1. The van der Waals surface area contributed by atoms with Crippen LogP contribution < -0.4 is 0 Å². The molecule has 196 valence electrons. The van der Waals surface area contributed by atoms with Crippen LogP contribution in [0, 0.1) is 5.41 Å². The van der Waals surface area contributed by atoms with Gasteiger partial charge in [-0.3, -0.25) is 9.59 Å². The highest BCUT2D eigenvalue weighted by molar-refractivity contribution is 5.71. The van der Waals surface area contributed by atoms with Gasteiger partial charge in [-0.1, -0.05) is 142 Å². The van der Waals surface area contributed by atoms with E-state index in [-0.39, 0.29) is 12.8 Å². The molecular formula is C29H56O4. The van der Waals surface area contributed by atoms with Gasteiger partial charge in [-0.25, -0.2) is 0 Å². The largest absolute Gasteiger partial charge is 0.481 e. The van der Waals surface area contributed by atoms with Crippen LogP contribution in [0.4, 0.5) is 0 Å². The lowest BCUT2D eigenvalue weighted by Crippen LogP contribution is -2.28. The molecule has 0 rings (SSSR count). The van der Waals surface area contributed by atoms with E-state index in [4.69, 9.17) is 0 Å². The fraction of sp³-hybridized carbons (Fsp3) is 0.931. The zero-order valence-corrected chi connectivity index (χ0v) is 22.2. The van der Waals surface area contributed by atoms with E-state index in [1.165, 1.54) is 103 Å². The van der Waals surface area contributed by atoms with Crippen LogP contribution in [0.15, 0.2) is 0 Å². The fourth-order valence-corrected chi connectivity index (χ4v) is 5.16. The Hall–Kier alpha value is -1.06. The fourth-order valence-electron chi connectivity index (χ4n) is 5.16. The quantitative estimate of drug-likeness (QED) is 0.124. The van der Waals surface area contributed by atoms with Crippen LogP contribution in [0.5, 0.6) is 0 Å². The highest BCUT2D eigenvalue weighted by atomic mass is 16.4. The SMILES string of the molecule is CCCCCCCCCCCCC(CCCCCCCCCCCC)(CC(=O)O)CC(=O)O. The van der Waals surface area contributed by atoms with E-state index < -0.39 is 17.4 Å². The minimum Gasteiger partial charge on any atom is -0.481 e. The number of unbranched alkanes of at least 4 members (excludes halogenated alkanes) is 18. The normalized spacial score (nSPS) is 11.7. The maximum absolute atomic E-state index is 11.6. The van der Waals surface area contributed by atoms with Crippen molar-refractivity contribution in [3.63, 3.8) is 0 Å². The maximum atomic E-state index is 11.6. The summed E-state index contributed by atoms with van der Waals surface area (Å²) < 4.78 is 0. The van der Waals surface area contributed by atoms with Crippen LogP contribution in [0.2, 0.25) is 0 Å². The zero-order valence-electron chi connectivity index (χ0n) is 22.2. The highest BCUT2D eigenvalue weighted by Gasteiger charge is 2.34. The summed E-state index contributed by atoms with van der Waals surface area (Å²) in [5, 5.41) is 19.0. The van der Waals surface area contributed by atoms with E-state index in [2.05, 4.69) is 13.8 Å². The number of hydrogen-bond donors (Lipinski definition) is 2. The first-order chi connectivity index (χ1) is 16.0. The Morgan fingerprint density at radius 1 is 0.455 bits per heavy atom. The molecule has 2 N–H and O–H groups in total. The molecule has 0 heterocycles. The van der Waals surface area contributed by atoms with Crippen LogP contribution in [0.1, 0.15) is 168 Å². The number of carboxylic acids is 2. The van der Waals surface area contributed by atoms with Gasteiger partial charge in [0, 0.05) is 0 Å². The van der Waals surface area contributed by atoms with Crippen LogP contribution >= 0.6 is 0 Å². The molecule has 0 aliphatic heterocycles. The predicted octanol–water partition coefficient (Wildman–Crippen LogP) is 9.54. The van der Waals surface area contributed by atoms with Crippen molar-refractivity contribution in [1.29, 1.82) is 0 Å². The Balaban J connectivity index is 4.24. The number of carbonyl (C=O) groups is 2. The predicted molar refractivity (Wildman–Crippen MR) is 140 cm³/mol. The molecule has 4 heteroatoms. The third kappa shape index (κ3) is 21.2. The minimum absolute atomic E-state index is 0.00580. The summed E-state index contributed by atoms with van der Waals surface area (Å²) in [5.41, 5.74) is -0.571. The van der Waals surface area contributed by atoms with Crippen molar-refractivity contribution in [3.8, 4) is 0 Å². The molecule has 0 amide bonds. The van der Waals surface area contributed by atoms with Gasteiger partial charge >= 0.3 is 11.9 Å². The molecule has 0 aromatic heterocycles. The third-order valence-electron chi connectivity index (χ3n) is 7.17. The van der Waals surface area contributed by atoms with E-state index in [9.17, 15) is 19.8 Å².